The first-order valence-corrected chi connectivity index (χ1v) is 8.02. The highest BCUT2D eigenvalue weighted by molar-refractivity contribution is 14.0. The molecule has 0 bridgehead atoms. The lowest BCUT2D eigenvalue weighted by Gasteiger charge is -2.13. The van der Waals surface area contributed by atoms with E-state index in [2.05, 4.69) is 20.6 Å². The second kappa shape index (κ2) is 11.6. The molecule has 8 heteroatoms. The Labute approximate surface area is 169 Å². The van der Waals surface area contributed by atoms with Crippen molar-refractivity contribution in [1.29, 1.82) is 0 Å². The lowest BCUT2D eigenvalue weighted by molar-refractivity contribution is 0.304. The molecule has 2 N–H and O–H groups in total. The molecule has 1 heterocycles. The van der Waals surface area contributed by atoms with Crippen LogP contribution in [0.5, 0.6) is 5.75 Å². The van der Waals surface area contributed by atoms with E-state index in [0.29, 0.717) is 12.5 Å². The Morgan fingerprint density at radius 2 is 1.96 bits per heavy atom. The Hall–Kier alpha value is -1.97. The molecule has 26 heavy (non-hydrogen) atoms. The molecule has 0 saturated carbocycles. The molecule has 142 valence electrons. The number of hydrogen-bond donors (Lipinski definition) is 2. The van der Waals surface area contributed by atoms with Crippen LogP contribution in [0.3, 0.4) is 0 Å². The van der Waals surface area contributed by atoms with Gasteiger partial charge in [-0.3, -0.25) is 9.98 Å². The van der Waals surface area contributed by atoms with Crippen LogP contribution in [0.15, 0.2) is 41.7 Å². The largest absolute Gasteiger partial charge is 0.489 e. The Morgan fingerprint density at radius 1 is 1.19 bits per heavy atom. The summed E-state index contributed by atoms with van der Waals surface area (Å²) in [5.41, 5.74) is 2.38. The number of ether oxygens (including phenoxy) is 1. The minimum atomic E-state index is -0.713. The first-order valence-electron chi connectivity index (χ1n) is 8.02. The molecular formula is C18H23F2IN4O. The third kappa shape index (κ3) is 7.11. The van der Waals surface area contributed by atoms with Crippen molar-refractivity contribution in [2.24, 2.45) is 4.99 Å². The maximum absolute atomic E-state index is 13.4. The minimum absolute atomic E-state index is 0. The van der Waals surface area contributed by atoms with Gasteiger partial charge in [-0.1, -0.05) is 0 Å². The summed E-state index contributed by atoms with van der Waals surface area (Å²) in [7, 11) is 1.67. The van der Waals surface area contributed by atoms with Crippen molar-refractivity contribution in [1.82, 2.24) is 15.6 Å². The summed E-state index contributed by atoms with van der Waals surface area (Å²) < 4.78 is 31.5. The number of rotatable bonds is 7. The zero-order valence-corrected chi connectivity index (χ0v) is 17.1. The van der Waals surface area contributed by atoms with Crippen LogP contribution >= 0.6 is 24.0 Å². The SMILES string of the molecule is CN=C(NCCOc1ccc(F)cc1F)NCCc1ccncc1C.I. The highest BCUT2D eigenvalue weighted by Crippen LogP contribution is 2.17. The number of halogens is 3. The molecule has 0 saturated heterocycles. The number of hydrogen-bond acceptors (Lipinski definition) is 3. The van der Waals surface area contributed by atoms with Crippen LogP contribution in [0, 0.1) is 18.6 Å². The number of aryl methyl sites for hydroxylation is 1. The lowest BCUT2D eigenvalue weighted by atomic mass is 10.1. The molecule has 2 rings (SSSR count). The Kier molecular flexibility index (Phi) is 9.85. The van der Waals surface area contributed by atoms with Gasteiger partial charge in [-0.25, -0.2) is 8.78 Å². The maximum atomic E-state index is 13.4. The second-order valence-corrected chi connectivity index (χ2v) is 5.40. The summed E-state index contributed by atoms with van der Waals surface area (Å²) in [5.74, 6) is -0.679. The van der Waals surface area contributed by atoms with Crippen molar-refractivity contribution in [3.63, 3.8) is 0 Å². The zero-order chi connectivity index (χ0) is 18.1. The van der Waals surface area contributed by atoms with Gasteiger partial charge in [0.1, 0.15) is 12.4 Å². The zero-order valence-electron chi connectivity index (χ0n) is 14.8. The molecule has 0 aliphatic carbocycles. The monoisotopic (exact) mass is 476 g/mol. The normalized spacial score (nSPS) is 10.8. The first kappa shape index (κ1) is 22.1. The third-order valence-corrected chi connectivity index (χ3v) is 3.59. The van der Waals surface area contributed by atoms with E-state index in [0.717, 1.165) is 30.7 Å². The number of nitrogens with one attached hydrogen (secondary N) is 2. The van der Waals surface area contributed by atoms with Gasteiger partial charge in [0.15, 0.2) is 17.5 Å². The van der Waals surface area contributed by atoms with Gasteiger partial charge in [-0.15, -0.1) is 24.0 Å². The summed E-state index contributed by atoms with van der Waals surface area (Å²) in [6.45, 7) is 3.41. The highest BCUT2D eigenvalue weighted by Gasteiger charge is 2.05. The molecule has 5 nitrogen and oxygen atoms in total. The van der Waals surface area contributed by atoms with E-state index in [9.17, 15) is 8.78 Å². The van der Waals surface area contributed by atoms with Crippen LogP contribution in [0.4, 0.5) is 8.78 Å². The predicted octanol–water partition coefficient (Wildman–Crippen LogP) is 3.07. The van der Waals surface area contributed by atoms with Crippen molar-refractivity contribution < 1.29 is 13.5 Å². The van der Waals surface area contributed by atoms with E-state index in [1.807, 2.05) is 19.2 Å². The average Bonchev–Trinajstić information content (AvgIpc) is 2.60. The Morgan fingerprint density at radius 3 is 2.65 bits per heavy atom. The summed E-state index contributed by atoms with van der Waals surface area (Å²) >= 11 is 0. The van der Waals surface area contributed by atoms with E-state index >= 15 is 0 Å². The molecule has 0 amide bonds. The number of aromatic nitrogens is 1. The highest BCUT2D eigenvalue weighted by atomic mass is 127. The van der Waals surface area contributed by atoms with Gasteiger partial charge in [0, 0.05) is 32.1 Å². The Balaban J connectivity index is 0.00000338. The standard InChI is InChI=1S/C18H22F2N4O.HI/c1-13-12-22-7-5-14(13)6-8-23-18(21-2)24-9-10-25-17-4-3-15(19)11-16(17)20;/h3-5,7,11-12H,6,8-10H2,1-2H3,(H2,21,23,24);1H. The number of pyridine rings is 1. The molecule has 1 aromatic carbocycles. The molecule has 0 radical (unpaired) electrons. The van der Waals surface area contributed by atoms with E-state index < -0.39 is 11.6 Å². The fourth-order valence-corrected chi connectivity index (χ4v) is 2.24. The molecule has 2 aromatic rings. The fraction of sp³-hybridized carbons (Fsp3) is 0.333. The van der Waals surface area contributed by atoms with Gasteiger partial charge in [0.05, 0.1) is 6.54 Å². The maximum Gasteiger partial charge on any atom is 0.191 e. The predicted molar refractivity (Wildman–Crippen MR) is 109 cm³/mol. The van der Waals surface area contributed by atoms with Gasteiger partial charge >= 0.3 is 0 Å². The van der Waals surface area contributed by atoms with Crippen molar-refractivity contribution in [3.8, 4) is 5.75 Å². The van der Waals surface area contributed by atoms with Crippen molar-refractivity contribution >= 4 is 29.9 Å². The summed E-state index contributed by atoms with van der Waals surface area (Å²) in [6.07, 6.45) is 4.47. The number of benzene rings is 1. The summed E-state index contributed by atoms with van der Waals surface area (Å²) in [6, 6.07) is 5.23. The van der Waals surface area contributed by atoms with E-state index in [1.165, 1.54) is 11.6 Å². The van der Waals surface area contributed by atoms with Crippen LogP contribution in [-0.4, -0.2) is 37.7 Å². The minimum Gasteiger partial charge on any atom is -0.489 e. The molecule has 0 atom stereocenters. The molecule has 0 aliphatic heterocycles. The van der Waals surface area contributed by atoms with Gasteiger partial charge < -0.3 is 15.4 Å². The number of guanidine groups is 1. The van der Waals surface area contributed by atoms with E-state index in [4.69, 9.17) is 4.74 Å². The molecule has 0 aliphatic rings. The third-order valence-electron chi connectivity index (χ3n) is 3.59. The van der Waals surface area contributed by atoms with E-state index in [1.54, 1.807) is 13.2 Å². The fourth-order valence-electron chi connectivity index (χ4n) is 2.24. The van der Waals surface area contributed by atoms with Crippen molar-refractivity contribution in [3.05, 3.63) is 59.4 Å². The number of aliphatic imine (C=N–C) groups is 1. The summed E-state index contributed by atoms with van der Waals surface area (Å²) in [5, 5.41) is 6.28. The summed E-state index contributed by atoms with van der Waals surface area (Å²) in [4.78, 5) is 8.19. The molecule has 0 spiro atoms. The van der Waals surface area contributed by atoms with Crippen molar-refractivity contribution in [2.75, 3.05) is 26.7 Å². The van der Waals surface area contributed by atoms with Gasteiger partial charge in [0.25, 0.3) is 0 Å². The van der Waals surface area contributed by atoms with Crippen LogP contribution in [0.2, 0.25) is 0 Å². The lowest BCUT2D eigenvalue weighted by Crippen LogP contribution is -2.40. The van der Waals surface area contributed by atoms with Crippen molar-refractivity contribution in [2.45, 2.75) is 13.3 Å². The first-order chi connectivity index (χ1) is 12.1. The Bertz CT molecular complexity index is 728. The van der Waals surface area contributed by atoms with Gasteiger partial charge in [-0.2, -0.15) is 0 Å². The van der Waals surface area contributed by atoms with Crippen LogP contribution in [0.1, 0.15) is 11.1 Å². The molecule has 0 fully saturated rings. The second-order valence-electron chi connectivity index (χ2n) is 5.40. The molecule has 0 unspecified atom stereocenters. The quantitative estimate of drug-likeness (QED) is 0.279. The van der Waals surface area contributed by atoms with E-state index in [-0.39, 0.29) is 36.3 Å². The smallest absolute Gasteiger partial charge is 0.191 e. The number of nitrogens with zero attached hydrogens (tertiary/aromatic N) is 2. The van der Waals surface area contributed by atoms with Crippen LogP contribution in [-0.2, 0) is 6.42 Å². The molecular weight excluding hydrogens is 453 g/mol. The molecule has 1 aromatic heterocycles. The van der Waals surface area contributed by atoms with Gasteiger partial charge in [-0.05, 0) is 42.7 Å². The van der Waals surface area contributed by atoms with Crippen LogP contribution in [0.25, 0.3) is 0 Å². The van der Waals surface area contributed by atoms with Gasteiger partial charge in [0.2, 0.25) is 0 Å². The van der Waals surface area contributed by atoms with Crippen LogP contribution < -0.4 is 15.4 Å². The topological polar surface area (TPSA) is 58.5 Å². The average molecular weight is 476 g/mol.